The molecule has 0 nitrogen and oxygen atoms in total. The topological polar surface area (TPSA) is 0 Å². The molecule has 0 saturated carbocycles. The molecular weight excluding hydrogens is 208 g/mol. The van der Waals surface area contributed by atoms with E-state index in [-0.39, 0.29) is 9.52 Å². The Morgan fingerprint density at radius 2 is 1.94 bits per heavy atom. The molecule has 84 valence electrons. The molecule has 1 heteroatoms. The van der Waals surface area contributed by atoms with Crippen molar-refractivity contribution >= 4 is 14.7 Å². The van der Waals surface area contributed by atoms with Crippen molar-refractivity contribution in [1.29, 1.82) is 0 Å². The minimum atomic E-state index is -0.204. The highest BCUT2D eigenvalue weighted by atomic mass is 28.2. The fourth-order valence-corrected chi connectivity index (χ4v) is 4.23. The van der Waals surface area contributed by atoms with Gasteiger partial charge in [-0.2, -0.15) is 0 Å². The first-order chi connectivity index (χ1) is 7.79. The Morgan fingerprint density at radius 3 is 2.62 bits per heavy atom. The van der Waals surface area contributed by atoms with Crippen LogP contribution in [0.25, 0.3) is 0 Å². The van der Waals surface area contributed by atoms with E-state index in [0.717, 1.165) is 0 Å². The Balaban J connectivity index is 2.01. The Kier molecular flexibility index (Phi) is 3.78. The summed E-state index contributed by atoms with van der Waals surface area (Å²) in [6.45, 7) is 4.55. The van der Waals surface area contributed by atoms with E-state index in [4.69, 9.17) is 0 Å². The van der Waals surface area contributed by atoms with Crippen LogP contribution in [0.2, 0.25) is 0 Å². The molecule has 0 fully saturated rings. The zero-order valence-corrected chi connectivity index (χ0v) is 11.7. The van der Waals surface area contributed by atoms with Crippen LogP contribution in [0, 0.1) is 0 Å². The maximum atomic E-state index is 2.43. The van der Waals surface area contributed by atoms with E-state index in [1.54, 1.807) is 21.5 Å². The first-order valence-corrected chi connectivity index (χ1v) is 7.63. The predicted molar refractivity (Wildman–Crippen MR) is 74.9 cm³/mol. The lowest BCUT2D eigenvalue weighted by molar-refractivity contribution is 0.884. The average Bonchev–Trinajstić information content (AvgIpc) is 2.61. The summed E-state index contributed by atoms with van der Waals surface area (Å²) in [6, 6.07) is 11.0. The predicted octanol–water partition coefficient (Wildman–Crippen LogP) is 2.88. The standard InChI is InChI=1S/C15H20Si/c1-3-7-13-10-12(2)15(11-13)16-14-8-5-4-6-9-14/h4-6,8-10H,3,7,11,16H2,1-2H3. The van der Waals surface area contributed by atoms with E-state index in [1.807, 2.05) is 0 Å². The van der Waals surface area contributed by atoms with Crippen LogP contribution in [-0.2, 0) is 0 Å². The van der Waals surface area contributed by atoms with E-state index in [2.05, 4.69) is 50.3 Å². The molecule has 0 saturated heterocycles. The SMILES string of the molecule is CCCC1=CC(C)=C([SiH2]c2ccccc2)C1. The third-order valence-electron chi connectivity index (χ3n) is 3.25. The summed E-state index contributed by atoms with van der Waals surface area (Å²) in [7, 11) is -0.204. The maximum absolute atomic E-state index is 2.43. The quantitative estimate of drug-likeness (QED) is 0.695. The van der Waals surface area contributed by atoms with E-state index < -0.39 is 0 Å². The first kappa shape index (κ1) is 11.4. The second-order valence-electron chi connectivity index (χ2n) is 4.68. The van der Waals surface area contributed by atoms with Gasteiger partial charge in [0, 0.05) is 0 Å². The molecule has 1 aromatic carbocycles. The Morgan fingerprint density at radius 1 is 1.19 bits per heavy atom. The monoisotopic (exact) mass is 228 g/mol. The zero-order valence-electron chi connectivity index (χ0n) is 10.3. The highest BCUT2D eigenvalue weighted by Gasteiger charge is 2.12. The molecule has 0 spiro atoms. The number of rotatable bonds is 4. The van der Waals surface area contributed by atoms with Gasteiger partial charge in [0.1, 0.15) is 0 Å². The van der Waals surface area contributed by atoms with Gasteiger partial charge in [0.05, 0.1) is 9.52 Å². The van der Waals surface area contributed by atoms with Crippen LogP contribution in [0.1, 0.15) is 33.1 Å². The van der Waals surface area contributed by atoms with Crippen molar-refractivity contribution < 1.29 is 0 Å². The van der Waals surface area contributed by atoms with Crippen LogP contribution >= 0.6 is 0 Å². The highest BCUT2D eigenvalue weighted by Crippen LogP contribution is 2.27. The fourth-order valence-electron chi connectivity index (χ4n) is 2.40. The molecule has 0 atom stereocenters. The van der Waals surface area contributed by atoms with Crippen LogP contribution in [0.4, 0.5) is 0 Å². The Hall–Kier alpha value is -1.08. The lowest BCUT2D eigenvalue weighted by Crippen LogP contribution is -2.15. The summed E-state index contributed by atoms with van der Waals surface area (Å²) >= 11 is 0. The average molecular weight is 228 g/mol. The van der Waals surface area contributed by atoms with Gasteiger partial charge in [-0.05, 0) is 19.8 Å². The molecule has 0 amide bonds. The highest BCUT2D eigenvalue weighted by molar-refractivity contribution is 6.61. The van der Waals surface area contributed by atoms with Gasteiger partial charge >= 0.3 is 0 Å². The largest absolute Gasteiger partial charge is 0.0831 e. The van der Waals surface area contributed by atoms with Gasteiger partial charge in [-0.15, -0.1) is 0 Å². The van der Waals surface area contributed by atoms with Crippen LogP contribution < -0.4 is 5.19 Å². The van der Waals surface area contributed by atoms with Gasteiger partial charge in [0.25, 0.3) is 0 Å². The minimum absolute atomic E-state index is 0.204. The van der Waals surface area contributed by atoms with Crippen molar-refractivity contribution in [2.75, 3.05) is 0 Å². The van der Waals surface area contributed by atoms with Gasteiger partial charge in [0.15, 0.2) is 0 Å². The van der Waals surface area contributed by atoms with Crippen LogP contribution in [0.3, 0.4) is 0 Å². The maximum Gasteiger partial charge on any atom is 0.0831 e. The first-order valence-electron chi connectivity index (χ1n) is 6.21. The summed E-state index contributed by atoms with van der Waals surface area (Å²) in [6.07, 6.45) is 6.25. The lowest BCUT2D eigenvalue weighted by Gasteiger charge is -2.05. The molecule has 0 radical (unpaired) electrons. The molecule has 0 bridgehead atoms. The number of allylic oxidation sites excluding steroid dienone is 4. The third-order valence-corrected chi connectivity index (χ3v) is 5.36. The van der Waals surface area contributed by atoms with Crippen molar-refractivity contribution in [2.45, 2.75) is 33.1 Å². The van der Waals surface area contributed by atoms with E-state index in [9.17, 15) is 0 Å². The summed E-state index contributed by atoms with van der Waals surface area (Å²) in [5.41, 5.74) is 3.21. The molecule has 0 heterocycles. The molecule has 0 aromatic heterocycles. The molecular formula is C15H20Si. The van der Waals surface area contributed by atoms with Gasteiger partial charge in [-0.25, -0.2) is 0 Å². The fraction of sp³-hybridized carbons (Fsp3) is 0.333. The van der Waals surface area contributed by atoms with Gasteiger partial charge < -0.3 is 0 Å². The molecule has 0 unspecified atom stereocenters. The zero-order chi connectivity index (χ0) is 11.4. The normalized spacial score (nSPS) is 16.2. The Bertz CT molecular complexity index is 412. The second-order valence-corrected chi connectivity index (χ2v) is 6.70. The summed E-state index contributed by atoms with van der Waals surface area (Å²) < 4.78 is 0. The molecule has 1 aromatic rings. The van der Waals surface area contributed by atoms with Crippen LogP contribution in [0.5, 0.6) is 0 Å². The van der Waals surface area contributed by atoms with Crippen molar-refractivity contribution in [1.82, 2.24) is 0 Å². The van der Waals surface area contributed by atoms with Gasteiger partial charge in [-0.1, -0.05) is 71.3 Å². The van der Waals surface area contributed by atoms with Crippen LogP contribution in [-0.4, -0.2) is 9.52 Å². The summed E-state index contributed by atoms with van der Waals surface area (Å²) in [4.78, 5) is 0. The summed E-state index contributed by atoms with van der Waals surface area (Å²) in [5, 5.41) is 3.32. The molecule has 0 N–H and O–H groups in total. The summed E-state index contributed by atoms with van der Waals surface area (Å²) in [5.74, 6) is 0. The van der Waals surface area contributed by atoms with Crippen LogP contribution in [0.15, 0.2) is 52.8 Å². The number of benzene rings is 1. The molecule has 0 aliphatic heterocycles. The Labute approximate surface area is 101 Å². The molecule has 16 heavy (non-hydrogen) atoms. The van der Waals surface area contributed by atoms with Gasteiger partial charge in [-0.3, -0.25) is 0 Å². The van der Waals surface area contributed by atoms with Gasteiger partial charge in [0.2, 0.25) is 0 Å². The molecule has 1 aliphatic carbocycles. The van der Waals surface area contributed by atoms with Crippen molar-refractivity contribution in [3.8, 4) is 0 Å². The second kappa shape index (κ2) is 5.31. The molecule has 2 rings (SSSR count). The van der Waals surface area contributed by atoms with Crippen molar-refractivity contribution in [3.05, 3.63) is 52.8 Å². The van der Waals surface area contributed by atoms with E-state index in [1.165, 1.54) is 19.3 Å². The third kappa shape index (κ3) is 2.73. The van der Waals surface area contributed by atoms with Crippen molar-refractivity contribution in [3.63, 3.8) is 0 Å². The number of hydrogen-bond acceptors (Lipinski definition) is 0. The van der Waals surface area contributed by atoms with E-state index >= 15 is 0 Å². The lowest BCUT2D eigenvalue weighted by atomic mass is 10.1. The molecule has 1 aliphatic rings. The number of hydrogen-bond donors (Lipinski definition) is 0. The smallest absolute Gasteiger partial charge is 0.0758 e. The van der Waals surface area contributed by atoms with Crippen molar-refractivity contribution in [2.24, 2.45) is 0 Å². The van der Waals surface area contributed by atoms with E-state index in [0.29, 0.717) is 0 Å². The minimum Gasteiger partial charge on any atom is -0.0758 e.